The van der Waals surface area contributed by atoms with Crippen LogP contribution in [0.5, 0.6) is 0 Å². The quantitative estimate of drug-likeness (QED) is 0.712. The molecule has 0 bridgehead atoms. The Labute approximate surface area is 91.8 Å². The lowest BCUT2D eigenvalue weighted by Crippen LogP contribution is -2.37. The predicted molar refractivity (Wildman–Crippen MR) is 64.1 cm³/mol. The highest BCUT2D eigenvalue weighted by Gasteiger charge is 2.16. The van der Waals surface area contributed by atoms with Gasteiger partial charge in [-0.2, -0.15) is 0 Å². The zero-order valence-corrected chi connectivity index (χ0v) is 9.45. The highest BCUT2D eigenvalue weighted by molar-refractivity contribution is 5.78. The number of rotatable bonds is 4. The number of piperidine rings is 1. The normalized spacial score (nSPS) is 19.6. The summed E-state index contributed by atoms with van der Waals surface area (Å²) < 4.78 is 0. The van der Waals surface area contributed by atoms with Crippen LogP contribution in [0.1, 0.15) is 19.8 Å². The molecule has 1 aliphatic rings. The van der Waals surface area contributed by atoms with Crippen molar-refractivity contribution in [2.75, 3.05) is 19.6 Å². The van der Waals surface area contributed by atoms with E-state index in [1.807, 2.05) is 6.92 Å². The molecule has 1 heterocycles. The molecule has 0 aromatic heterocycles. The number of aliphatic hydroxyl groups is 1. The van der Waals surface area contributed by atoms with Crippen LogP contribution in [-0.2, 0) is 0 Å². The molecule has 0 radical (unpaired) electrons. The smallest absolute Gasteiger partial charge is 0.0564 e. The highest BCUT2D eigenvalue weighted by Crippen LogP contribution is 2.10. The van der Waals surface area contributed by atoms with Gasteiger partial charge < -0.3 is 5.11 Å². The molecule has 15 heavy (non-hydrogen) atoms. The van der Waals surface area contributed by atoms with E-state index < -0.39 is 0 Å². The first-order valence-electron chi connectivity index (χ1n) is 5.35. The van der Waals surface area contributed by atoms with Gasteiger partial charge in [-0.25, -0.2) is 0 Å². The summed E-state index contributed by atoms with van der Waals surface area (Å²) >= 11 is 0. The fourth-order valence-electron chi connectivity index (χ4n) is 1.61. The van der Waals surface area contributed by atoms with Crippen LogP contribution in [0, 0.1) is 0 Å². The van der Waals surface area contributed by atoms with Gasteiger partial charge in [0.05, 0.1) is 6.10 Å². The average molecular weight is 208 g/mol. The summed E-state index contributed by atoms with van der Waals surface area (Å²) in [4.78, 5) is 6.40. The van der Waals surface area contributed by atoms with Gasteiger partial charge in [-0.05, 0) is 25.3 Å². The molecule has 1 saturated heterocycles. The Bertz CT molecular complexity index is 263. The Hall–Kier alpha value is -0.930. The fraction of sp³-hybridized carbons (Fsp3) is 0.583. The maximum absolute atomic E-state index is 9.35. The van der Waals surface area contributed by atoms with E-state index in [2.05, 4.69) is 23.1 Å². The van der Waals surface area contributed by atoms with Crippen molar-refractivity contribution in [2.45, 2.75) is 25.9 Å². The van der Waals surface area contributed by atoms with Crippen LogP contribution in [0.15, 0.2) is 29.4 Å². The summed E-state index contributed by atoms with van der Waals surface area (Å²) in [6, 6.07) is 0. The zero-order valence-electron chi connectivity index (χ0n) is 9.45. The van der Waals surface area contributed by atoms with Crippen molar-refractivity contribution < 1.29 is 5.11 Å². The van der Waals surface area contributed by atoms with E-state index in [0.29, 0.717) is 0 Å². The monoisotopic (exact) mass is 208 g/mol. The molecule has 0 atom stereocenters. The Balaban J connectivity index is 2.29. The minimum atomic E-state index is -0.112. The second kappa shape index (κ2) is 5.83. The molecular formula is C12H20N2O. The first kappa shape index (κ1) is 12.1. The summed E-state index contributed by atoms with van der Waals surface area (Å²) in [5.41, 5.74) is 1.79. The molecule has 3 heteroatoms. The predicted octanol–water partition coefficient (Wildman–Crippen LogP) is 1.60. The number of aliphatic hydroxyl groups excluding tert-OH is 1. The van der Waals surface area contributed by atoms with Gasteiger partial charge in [0.1, 0.15) is 0 Å². The van der Waals surface area contributed by atoms with Crippen molar-refractivity contribution in [2.24, 2.45) is 4.99 Å². The van der Waals surface area contributed by atoms with Crippen molar-refractivity contribution in [1.29, 1.82) is 0 Å². The lowest BCUT2D eigenvalue weighted by atomic mass is 10.1. The number of likely N-dealkylation sites (tertiary alicyclic amines) is 1. The van der Waals surface area contributed by atoms with Crippen molar-refractivity contribution in [3.8, 4) is 0 Å². The lowest BCUT2D eigenvalue weighted by molar-refractivity contribution is 0.0875. The fourth-order valence-corrected chi connectivity index (χ4v) is 1.61. The molecule has 1 rings (SSSR count). The van der Waals surface area contributed by atoms with Crippen molar-refractivity contribution in [3.63, 3.8) is 0 Å². The van der Waals surface area contributed by atoms with Gasteiger partial charge in [-0.3, -0.25) is 9.89 Å². The first-order valence-corrected chi connectivity index (χ1v) is 5.35. The molecular weight excluding hydrogens is 188 g/mol. The van der Waals surface area contributed by atoms with Crippen LogP contribution < -0.4 is 0 Å². The van der Waals surface area contributed by atoms with Crippen molar-refractivity contribution >= 4 is 6.21 Å². The summed E-state index contributed by atoms with van der Waals surface area (Å²) in [7, 11) is 0. The van der Waals surface area contributed by atoms with E-state index in [9.17, 15) is 5.11 Å². The summed E-state index contributed by atoms with van der Waals surface area (Å²) in [5.74, 6) is 0. The summed E-state index contributed by atoms with van der Waals surface area (Å²) in [6.45, 7) is 12.2. The molecule has 0 aromatic carbocycles. The van der Waals surface area contributed by atoms with E-state index in [4.69, 9.17) is 0 Å². The number of nitrogens with zero attached hydrogens (tertiary/aromatic N) is 2. The molecule has 0 saturated carbocycles. The molecule has 84 valence electrons. The standard InChI is InChI=1S/C12H20N2O/c1-10(2)13-8-11(3)9-14-6-4-12(15)5-7-14/h8,12,15H,1,3-7,9H2,2H3/b13-8-. The second-order valence-corrected chi connectivity index (χ2v) is 4.16. The highest BCUT2D eigenvalue weighted by atomic mass is 16.3. The SMILES string of the molecule is C=C(/C=N\C(=C)C)CN1CCC(O)CC1. The number of hydrogen-bond donors (Lipinski definition) is 1. The van der Waals surface area contributed by atoms with Crippen LogP contribution in [0.3, 0.4) is 0 Å². The summed E-state index contributed by atoms with van der Waals surface area (Å²) in [5, 5.41) is 9.35. The van der Waals surface area contributed by atoms with Crippen LogP contribution in [0.2, 0.25) is 0 Å². The van der Waals surface area contributed by atoms with Crippen LogP contribution >= 0.6 is 0 Å². The van der Waals surface area contributed by atoms with E-state index in [1.54, 1.807) is 6.21 Å². The molecule has 0 unspecified atom stereocenters. The van der Waals surface area contributed by atoms with Crippen LogP contribution in [0.25, 0.3) is 0 Å². The van der Waals surface area contributed by atoms with Gasteiger partial charge in [0.2, 0.25) is 0 Å². The third-order valence-electron chi connectivity index (χ3n) is 2.45. The van der Waals surface area contributed by atoms with E-state index in [0.717, 1.165) is 43.7 Å². The van der Waals surface area contributed by atoms with Gasteiger partial charge in [-0.1, -0.05) is 13.2 Å². The molecule has 0 amide bonds. The van der Waals surface area contributed by atoms with E-state index >= 15 is 0 Å². The Morgan fingerprint density at radius 1 is 1.47 bits per heavy atom. The minimum absolute atomic E-state index is 0.112. The molecule has 1 aliphatic heterocycles. The molecule has 0 aromatic rings. The van der Waals surface area contributed by atoms with Gasteiger partial charge in [0, 0.05) is 31.5 Å². The third-order valence-corrected chi connectivity index (χ3v) is 2.45. The van der Waals surface area contributed by atoms with Crippen molar-refractivity contribution in [1.82, 2.24) is 4.90 Å². The van der Waals surface area contributed by atoms with E-state index in [-0.39, 0.29) is 6.10 Å². The van der Waals surface area contributed by atoms with E-state index in [1.165, 1.54) is 0 Å². The summed E-state index contributed by atoms with van der Waals surface area (Å²) in [6.07, 6.45) is 3.39. The maximum Gasteiger partial charge on any atom is 0.0564 e. The molecule has 0 aliphatic carbocycles. The largest absolute Gasteiger partial charge is 0.393 e. The topological polar surface area (TPSA) is 35.8 Å². The lowest BCUT2D eigenvalue weighted by Gasteiger charge is -2.29. The Kier molecular flexibility index (Phi) is 4.72. The molecule has 1 fully saturated rings. The molecule has 0 spiro atoms. The van der Waals surface area contributed by atoms with Crippen LogP contribution in [0.4, 0.5) is 0 Å². The zero-order chi connectivity index (χ0) is 11.3. The van der Waals surface area contributed by atoms with Gasteiger partial charge >= 0.3 is 0 Å². The van der Waals surface area contributed by atoms with Gasteiger partial charge in [0.15, 0.2) is 0 Å². The maximum atomic E-state index is 9.35. The number of allylic oxidation sites excluding steroid dienone is 1. The van der Waals surface area contributed by atoms with Crippen LogP contribution in [-0.4, -0.2) is 42.0 Å². The Morgan fingerprint density at radius 3 is 2.60 bits per heavy atom. The third kappa shape index (κ3) is 4.91. The number of hydrogen-bond acceptors (Lipinski definition) is 3. The average Bonchev–Trinajstić information content (AvgIpc) is 2.19. The van der Waals surface area contributed by atoms with Crippen molar-refractivity contribution in [3.05, 3.63) is 24.4 Å². The number of aliphatic imine (C=N–C) groups is 1. The second-order valence-electron chi connectivity index (χ2n) is 4.16. The van der Waals surface area contributed by atoms with Gasteiger partial charge in [0.25, 0.3) is 0 Å². The Morgan fingerprint density at radius 2 is 2.07 bits per heavy atom. The minimum Gasteiger partial charge on any atom is -0.393 e. The molecule has 3 nitrogen and oxygen atoms in total. The first-order chi connectivity index (χ1) is 7.08. The molecule has 1 N–H and O–H groups in total. The van der Waals surface area contributed by atoms with Gasteiger partial charge in [-0.15, -0.1) is 0 Å².